The molecule has 1 aliphatic rings. The zero-order valence-corrected chi connectivity index (χ0v) is 26.1. The summed E-state index contributed by atoms with van der Waals surface area (Å²) in [4.78, 5) is 41.5. The summed E-state index contributed by atoms with van der Waals surface area (Å²) in [6, 6.07) is 11.7. The number of carbonyl (C=O) groups is 3. The summed E-state index contributed by atoms with van der Waals surface area (Å²) in [5.74, 6) is -2.20. The molecular weight excluding hydrogens is 611 g/mol. The number of nitrogen functional groups attached to an aromatic ring is 1. The fraction of sp³-hybridized carbons (Fsp3) is 0.429. The van der Waals surface area contributed by atoms with Crippen molar-refractivity contribution in [1.29, 1.82) is 5.26 Å². The van der Waals surface area contributed by atoms with E-state index in [4.69, 9.17) is 33.7 Å². The maximum Gasteiger partial charge on any atom is 0.459 e. The molecule has 3 aromatic rings. The smallest absolute Gasteiger partial charge is 0.459 e. The van der Waals surface area contributed by atoms with E-state index in [9.17, 15) is 24.2 Å². The van der Waals surface area contributed by atoms with Gasteiger partial charge in [0.05, 0.1) is 18.4 Å². The molecule has 4 rings (SSSR count). The van der Waals surface area contributed by atoms with E-state index in [-0.39, 0.29) is 17.3 Å². The number of anilines is 1. The molecule has 17 heteroatoms. The van der Waals surface area contributed by atoms with E-state index in [0.29, 0.717) is 5.52 Å². The zero-order chi connectivity index (χ0) is 33.0. The van der Waals surface area contributed by atoms with Gasteiger partial charge in [0.15, 0.2) is 11.9 Å². The summed E-state index contributed by atoms with van der Waals surface area (Å²) in [7, 11) is -4.51. The van der Waals surface area contributed by atoms with Crippen LogP contribution in [0, 0.1) is 11.3 Å². The van der Waals surface area contributed by atoms with Crippen molar-refractivity contribution in [3.05, 3.63) is 54.5 Å². The van der Waals surface area contributed by atoms with Gasteiger partial charge in [-0.1, -0.05) is 18.2 Å². The lowest BCUT2D eigenvalue weighted by Crippen LogP contribution is -2.54. The number of para-hydroxylation sites is 1. The standard InChI is InChI=1S/C28H33N6O10P/c1-17(2)41-25(37)18(3)33-45(38,44-21-9-7-6-8-10-21)40-14-27(13-29)26(42-19(4)35)28(15-39-27,43-20(5)36)23-12-11-22-24(30)31-16-32-34(22)23/h6-12,16-18,26H,14-15H2,1-5H3,(H,33,38)(H2,30,31,32)/t18-,26+,27+,28-,45-/m0/s1. The van der Waals surface area contributed by atoms with Crippen molar-refractivity contribution in [2.45, 2.75) is 64.1 Å². The fourth-order valence-corrected chi connectivity index (χ4v) is 6.27. The van der Waals surface area contributed by atoms with Crippen molar-refractivity contribution in [3.8, 4) is 11.8 Å². The zero-order valence-electron chi connectivity index (χ0n) is 25.2. The Morgan fingerprint density at radius 2 is 1.89 bits per heavy atom. The molecule has 240 valence electrons. The molecule has 3 heterocycles. The highest BCUT2D eigenvalue weighted by Gasteiger charge is 2.67. The highest BCUT2D eigenvalue weighted by atomic mass is 31.2. The number of nitrogens with two attached hydrogens (primary N) is 1. The monoisotopic (exact) mass is 644 g/mol. The summed E-state index contributed by atoms with van der Waals surface area (Å²) < 4.78 is 49.4. The van der Waals surface area contributed by atoms with Crippen LogP contribution in [0.2, 0.25) is 0 Å². The van der Waals surface area contributed by atoms with Gasteiger partial charge in [0.2, 0.25) is 11.2 Å². The van der Waals surface area contributed by atoms with Crippen LogP contribution in [0.25, 0.3) is 5.52 Å². The first-order chi connectivity index (χ1) is 21.2. The average molecular weight is 645 g/mol. The molecule has 0 aliphatic carbocycles. The van der Waals surface area contributed by atoms with Crippen LogP contribution in [0.15, 0.2) is 48.8 Å². The van der Waals surface area contributed by atoms with E-state index >= 15 is 0 Å². The van der Waals surface area contributed by atoms with Crippen LogP contribution in [-0.2, 0) is 48.0 Å². The first-order valence-electron chi connectivity index (χ1n) is 13.7. The number of hydrogen-bond donors (Lipinski definition) is 2. The Kier molecular flexibility index (Phi) is 9.79. The Hall–Kier alpha value is -4.55. The summed E-state index contributed by atoms with van der Waals surface area (Å²) in [6.45, 7) is 5.52. The number of nitrogens with zero attached hydrogens (tertiary/aromatic N) is 4. The van der Waals surface area contributed by atoms with Crippen molar-refractivity contribution in [2.75, 3.05) is 18.9 Å². The number of esters is 3. The number of rotatable bonds is 12. The van der Waals surface area contributed by atoms with Crippen molar-refractivity contribution < 1.29 is 46.9 Å². The largest absolute Gasteiger partial charge is 0.462 e. The number of nitriles is 1. The molecule has 16 nitrogen and oxygen atoms in total. The van der Waals surface area contributed by atoms with Gasteiger partial charge in [0, 0.05) is 13.8 Å². The number of aromatic nitrogens is 3. The van der Waals surface area contributed by atoms with Crippen LogP contribution in [0.4, 0.5) is 5.82 Å². The van der Waals surface area contributed by atoms with Crippen molar-refractivity contribution in [1.82, 2.24) is 19.7 Å². The van der Waals surface area contributed by atoms with E-state index in [1.807, 2.05) is 6.07 Å². The molecule has 0 unspecified atom stereocenters. The Bertz CT molecular complexity index is 1660. The maximum atomic E-state index is 14.2. The minimum atomic E-state index is -4.51. The topological polar surface area (TPSA) is 216 Å². The third-order valence-electron chi connectivity index (χ3n) is 6.58. The van der Waals surface area contributed by atoms with Crippen LogP contribution >= 0.6 is 7.75 Å². The van der Waals surface area contributed by atoms with Gasteiger partial charge in [-0.3, -0.25) is 18.9 Å². The molecule has 5 atom stereocenters. The van der Waals surface area contributed by atoms with Crippen molar-refractivity contribution >= 4 is 37.0 Å². The maximum absolute atomic E-state index is 14.2. The van der Waals surface area contributed by atoms with E-state index in [2.05, 4.69) is 15.2 Å². The number of fused-ring (bicyclic) bond motifs is 1. The number of hydrogen-bond acceptors (Lipinski definition) is 14. The van der Waals surface area contributed by atoms with Gasteiger partial charge in [-0.25, -0.2) is 14.1 Å². The highest BCUT2D eigenvalue weighted by Crippen LogP contribution is 2.50. The third-order valence-corrected chi connectivity index (χ3v) is 8.20. The summed E-state index contributed by atoms with van der Waals surface area (Å²) >= 11 is 0. The van der Waals surface area contributed by atoms with Crippen LogP contribution in [0.3, 0.4) is 0 Å². The Labute approximate surface area is 258 Å². The van der Waals surface area contributed by atoms with Gasteiger partial charge in [-0.15, -0.1) is 0 Å². The molecule has 3 N–H and O–H groups in total. The Morgan fingerprint density at radius 3 is 2.51 bits per heavy atom. The van der Waals surface area contributed by atoms with Gasteiger partial charge >= 0.3 is 25.7 Å². The van der Waals surface area contributed by atoms with E-state index < -0.39 is 68.3 Å². The molecule has 45 heavy (non-hydrogen) atoms. The number of benzene rings is 1. The first kappa shape index (κ1) is 33.3. The third kappa shape index (κ3) is 7.07. The van der Waals surface area contributed by atoms with E-state index in [1.54, 1.807) is 38.1 Å². The van der Waals surface area contributed by atoms with Gasteiger partial charge < -0.3 is 29.2 Å². The summed E-state index contributed by atoms with van der Waals surface area (Å²) in [6.07, 6.45) is -0.992. The lowest BCUT2D eigenvalue weighted by atomic mass is 9.85. The van der Waals surface area contributed by atoms with Gasteiger partial charge in [0.1, 0.15) is 36.3 Å². The molecule has 0 saturated carbocycles. The summed E-state index contributed by atoms with van der Waals surface area (Å²) in [5.41, 5.74) is 2.27. The van der Waals surface area contributed by atoms with Crippen molar-refractivity contribution in [2.24, 2.45) is 0 Å². The van der Waals surface area contributed by atoms with Gasteiger partial charge in [-0.05, 0) is 45.0 Å². The minimum Gasteiger partial charge on any atom is -0.462 e. The van der Waals surface area contributed by atoms with Crippen LogP contribution in [0.1, 0.15) is 40.3 Å². The second-order valence-corrected chi connectivity index (χ2v) is 12.1. The predicted octanol–water partition coefficient (Wildman–Crippen LogP) is 2.43. The molecule has 1 fully saturated rings. The minimum absolute atomic E-state index is 0.0993. The molecule has 2 aromatic heterocycles. The van der Waals surface area contributed by atoms with E-state index in [1.165, 1.54) is 36.0 Å². The number of carbonyl (C=O) groups excluding carboxylic acids is 3. The lowest BCUT2D eigenvalue weighted by molar-refractivity contribution is -0.184. The Morgan fingerprint density at radius 1 is 1.18 bits per heavy atom. The molecule has 0 spiro atoms. The molecular formula is C28H33N6O10P. The predicted molar refractivity (Wildman–Crippen MR) is 155 cm³/mol. The lowest BCUT2D eigenvalue weighted by Gasteiger charge is -2.36. The molecule has 0 radical (unpaired) electrons. The number of nitrogens with one attached hydrogen (secondary N) is 1. The van der Waals surface area contributed by atoms with E-state index in [0.717, 1.165) is 13.8 Å². The van der Waals surface area contributed by atoms with Crippen LogP contribution in [0.5, 0.6) is 5.75 Å². The molecule has 0 amide bonds. The first-order valence-corrected chi connectivity index (χ1v) is 15.3. The molecule has 1 aromatic carbocycles. The van der Waals surface area contributed by atoms with Gasteiger partial charge in [-0.2, -0.15) is 15.4 Å². The van der Waals surface area contributed by atoms with Crippen molar-refractivity contribution in [3.63, 3.8) is 0 Å². The second-order valence-electron chi connectivity index (χ2n) is 10.4. The molecule has 1 aliphatic heterocycles. The molecule has 1 saturated heterocycles. The second kappa shape index (κ2) is 13.2. The normalized spacial score (nSPS) is 23.1. The van der Waals surface area contributed by atoms with Crippen LogP contribution in [-0.4, -0.2) is 69.6 Å². The van der Waals surface area contributed by atoms with Crippen LogP contribution < -0.4 is 15.3 Å². The highest BCUT2D eigenvalue weighted by molar-refractivity contribution is 7.52. The SMILES string of the molecule is CC(=O)O[C@@H]1[C@@](C#N)(CO[P@@](=O)(N[C@@H](C)C(=O)OC(C)C)Oc2ccccc2)OC[C@]1(OC(C)=O)c1ccc2c(N)ncnn12. The summed E-state index contributed by atoms with van der Waals surface area (Å²) in [5, 5.41) is 17.2. The molecule has 0 bridgehead atoms. The van der Waals surface area contributed by atoms with Gasteiger partial charge in [0.25, 0.3) is 0 Å². The Balaban J connectivity index is 1.76. The average Bonchev–Trinajstić information content (AvgIpc) is 3.53. The number of ether oxygens (including phenoxy) is 4. The fourth-order valence-electron chi connectivity index (χ4n) is 4.75. The quantitative estimate of drug-likeness (QED) is 0.164.